The Bertz CT molecular complexity index is 319. The van der Waals surface area contributed by atoms with E-state index in [2.05, 4.69) is 15.3 Å². The molecule has 0 atom stereocenters. The maximum atomic E-state index is 10.5. The fourth-order valence-electron chi connectivity index (χ4n) is 0.552. The first-order valence-electron chi connectivity index (χ1n) is 2.80. The molecule has 0 saturated carbocycles. The number of rotatable bonds is 1. The van der Waals surface area contributed by atoms with Crippen molar-refractivity contribution < 1.29 is 4.79 Å². The number of carbonyl (C=O) groups excluding carboxylic acids is 1. The second-order valence-corrected chi connectivity index (χ2v) is 1.77. The first kappa shape index (κ1) is 10.2. The molecule has 6 nitrogen and oxygen atoms in total. The van der Waals surface area contributed by atoms with Crippen LogP contribution in [0.15, 0.2) is 17.1 Å². The van der Waals surface area contributed by atoms with E-state index in [1.54, 1.807) is 0 Å². The Morgan fingerprint density at radius 1 is 1.67 bits per heavy atom. The first-order valence-corrected chi connectivity index (χ1v) is 2.80. The Labute approximate surface area is 68.8 Å². The summed E-state index contributed by atoms with van der Waals surface area (Å²) in [7, 11) is 0. The number of urea groups is 1. The summed E-state index contributed by atoms with van der Waals surface area (Å²) in [5, 5.41) is 2.12. The molecule has 0 saturated heterocycles. The number of carbonyl (C=O) groups is 1. The first-order chi connectivity index (χ1) is 5.18. The number of aromatic amines is 1. The molecule has 0 unspecified atom stereocenters. The number of anilines is 1. The van der Waals surface area contributed by atoms with Crippen molar-refractivity contribution in [1.29, 1.82) is 0 Å². The second-order valence-electron chi connectivity index (χ2n) is 1.77. The summed E-state index contributed by atoms with van der Waals surface area (Å²) >= 11 is 0. The zero-order chi connectivity index (χ0) is 8.27. The SMILES string of the molecule is NC(=O)Nc1nc(=O)cc[nH]1.[C]. The van der Waals surface area contributed by atoms with E-state index in [1.807, 2.05) is 0 Å². The van der Waals surface area contributed by atoms with Gasteiger partial charge in [0.15, 0.2) is 0 Å². The monoisotopic (exact) mass is 166 g/mol. The minimum Gasteiger partial charge on any atom is -0.351 e. The van der Waals surface area contributed by atoms with E-state index in [0.717, 1.165) is 0 Å². The van der Waals surface area contributed by atoms with Gasteiger partial charge in [-0.25, -0.2) is 4.79 Å². The molecule has 0 aromatic carbocycles. The minimum absolute atomic E-state index is 0. The zero-order valence-corrected chi connectivity index (χ0v) is 6.00. The molecular weight excluding hydrogens is 160 g/mol. The van der Waals surface area contributed by atoms with Gasteiger partial charge in [0.2, 0.25) is 5.95 Å². The molecule has 0 aliphatic rings. The normalized spacial score (nSPS) is 8.33. The van der Waals surface area contributed by atoms with Gasteiger partial charge in [0.05, 0.1) is 0 Å². The Hall–Kier alpha value is -1.85. The third kappa shape index (κ3) is 2.82. The Morgan fingerprint density at radius 3 is 2.83 bits per heavy atom. The zero-order valence-electron chi connectivity index (χ0n) is 6.00. The summed E-state index contributed by atoms with van der Waals surface area (Å²) in [6, 6.07) is 0.464. The van der Waals surface area contributed by atoms with E-state index in [1.165, 1.54) is 12.3 Å². The van der Waals surface area contributed by atoms with Crippen molar-refractivity contribution in [2.45, 2.75) is 0 Å². The molecule has 1 aromatic rings. The van der Waals surface area contributed by atoms with Crippen molar-refractivity contribution in [2.75, 3.05) is 5.32 Å². The third-order valence-electron chi connectivity index (χ3n) is 0.910. The molecule has 0 spiro atoms. The molecule has 1 rings (SSSR count). The molecule has 62 valence electrons. The average molecular weight is 166 g/mol. The van der Waals surface area contributed by atoms with Crippen LogP contribution in [0.5, 0.6) is 0 Å². The van der Waals surface area contributed by atoms with Gasteiger partial charge >= 0.3 is 6.03 Å². The number of aromatic nitrogens is 2. The maximum absolute atomic E-state index is 10.5. The number of H-pyrrole nitrogens is 1. The van der Waals surface area contributed by atoms with Crippen LogP contribution in [0.1, 0.15) is 0 Å². The van der Waals surface area contributed by atoms with Gasteiger partial charge in [-0.1, -0.05) is 0 Å². The van der Waals surface area contributed by atoms with Crippen LogP contribution in [-0.4, -0.2) is 16.0 Å². The van der Waals surface area contributed by atoms with E-state index >= 15 is 0 Å². The molecule has 2 amide bonds. The summed E-state index contributed by atoms with van der Waals surface area (Å²) in [4.78, 5) is 26.7. The van der Waals surface area contributed by atoms with Crippen LogP contribution in [0, 0.1) is 7.43 Å². The molecule has 0 aliphatic heterocycles. The molecule has 1 aromatic heterocycles. The number of nitrogens with one attached hydrogen (secondary N) is 2. The van der Waals surface area contributed by atoms with Crippen molar-refractivity contribution in [3.05, 3.63) is 30.0 Å². The Morgan fingerprint density at radius 2 is 2.33 bits per heavy atom. The summed E-state index contributed by atoms with van der Waals surface area (Å²) in [6.07, 6.45) is 1.36. The number of nitrogens with two attached hydrogens (primary N) is 1. The topological polar surface area (TPSA) is 101 Å². The molecule has 1 heterocycles. The third-order valence-corrected chi connectivity index (χ3v) is 0.910. The molecule has 0 aliphatic carbocycles. The van der Waals surface area contributed by atoms with Gasteiger partial charge in [0.25, 0.3) is 5.56 Å². The lowest BCUT2D eigenvalue weighted by Crippen LogP contribution is -2.22. The van der Waals surface area contributed by atoms with Gasteiger partial charge < -0.3 is 10.7 Å². The quantitative estimate of drug-likeness (QED) is 0.516. The Kier molecular flexibility index (Phi) is 3.48. The summed E-state index contributed by atoms with van der Waals surface area (Å²) in [6.45, 7) is 0. The van der Waals surface area contributed by atoms with E-state index < -0.39 is 11.6 Å². The number of primary amides is 1. The van der Waals surface area contributed by atoms with Crippen molar-refractivity contribution in [3.8, 4) is 0 Å². The fourth-order valence-corrected chi connectivity index (χ4v) is 0.552. The Balaban J connectivity index is 0.00000121. The molecule has 0 fully saturated rings. The standard InChI is InChI=1S/C5H6N4O2.C/c6-4(11)9-5-7-2-1-3(10)8-5;/h1-2H,(H4,6,7,8,9,10,11);. The van der Waals surface area contributed by atoms with Gasteiger partial charge in [0.1, 0.15) is 0 Å². The van der Waals surface area contributed by atoms with Crippen LogP contribution in [-0.2, 0) is 0 Å². The molecule has 6 heteroatoms. The highest BCUT2D eigenvalue weighted by Crippen LogP contribution is 1.87. The molecule has 12 heavy (non-hydrogen) atoms. The summed E-state index contributed by atoms with van der Waals surface area (Å²) < 4.78 is 0. The van der Waals surface area contributed by atoms with Gasteiger partial charge in [-0.05, 0) is 0 Å². The number of hydrogen-bond acceptors (Lipinski definition) is 3. The number of nitrogens with zero attached hydrogens (tertiary/aromatic N) is 1. The van der Waals surface area contributed by atoms with Gasteiger partial charge in [-0.3, -0.25) is 10.1 Å². The van der Waals surface area contributed by atoms with Crippen LogP contribution in [0.2, 0.25) is 0 Å². The van der Waals surface area contributed by atoms with Crippen molar-refractivity contribution in [1.82, 2.24) is 9.97 Å². The maximum Gasteiger partial charge on any atom is 0.318 e. The highest BCUT2D eigenvalue weighted by Gasteiger charge is 1.95. The van der Waals surface area contributed by atoms with E-state index in [0.29, 0.717) is 0 Å². The molecule has 0 bridgehead atoms. The smallest absolute Gasteiger partial charge is 0.318 e. The summed E-state index contributed by atoms with van der Waals surface area (Å²) in [5.74, 6) is 0.0463. The lowest BCUT2D eigenvalue weighted by Gasteiger charge is -1.96. The van der Waals surface area contributed by atoms with E-state index in [-0.39, 0.29) is 13.4 Å². The van der Waals surface area contributed by atoms with Crippen LogP contribution < -0.4 is 16.6 Å². The number of hydrogen-bond donors (Lipinski definition) is 3. The fraction of sp³-hybridized carbons (Fsp3) is 0. The highest BCUT2D eigenvalue weighted by atomic mass is 16.2. The van der Waals surface area contributed by atoms with Crippen LogP contribution in [0.4, 0.5) is 10.7 Å². The minimum atomic E-state index is -0.764. The number of amides is 2. The van der Waals surface area contributed by atoms with Crippen molar-refractivity contribution in [3.63, 3.8) is 0 Å². The predicted octanol–water partition coefficient (Wildman–Crippen LogP) is -0.658. The predicted molar refractivity (Wildman–Crippen MR) is 41.3 cm³/mol. The van der Waals surface area contributed by atoms with Crippen molar-refractivity contribution >= 4 is 12.0 Å². The van der Waals surface area contributed by atoms with Crippen LogP contribution in [0.25, 0.3) is 0 Å². The van der Waals surface area contributed by atoms with E-state index in [4.69, 9.17) is 5.73 Å². The van der Waals surface area contributed by atoms with Gasteiger partial charge in [-0.15, -0.1) is 0 Å². The highest BCUT2D eigenvalue weighted by molar-refractivity contribution is 5.85. The van der Waals surface area contributed by atoms with Crippen LogP contribution in [0.3, 0.4) is 0 Å². The van der Waals surface area contributed by atoms with Gasteiger partial charge in [-0.2, -0.15) is 4.98 Å². The van der Waals surface area contributed by atoms with E-state index in [9.17, 15) is 9.59 Å². The largest absolute Gasteiger partial charge is 0.351 e. The average Bonchev–Trinajstić information content (AvgIpc) is 1.85. The molecule has 4 radical (unpaired) electrons. The lowest BCUT2D eigenvalue weighted by molar-refractivity contribution is 0.259. The lowest BCUT2D eigenvalue weighted by atomic mass is 10.6. The van der Waals surface area contributed by atoms with Crippen molar-refractivity contribution in [2.24, 2.45) is 5.73 Å². The second kappa shape index (κ2) is 4.12. The van der Waals surface area contributed by atoms with Gasteiger partial charge in [0, 0.05) is 19.7 Å². The molecule has 4 N–H and O–H groups in total. The summed E-state index contributed by atoms with van der Waals surface area (Å²) in [5.41, 5.74) is 4.32. The molecular formula is C6H6N4O2. The van der Waals surface area contributed by atoms with Crippen LogP contribution >= 0.6 is 0 Å².